The fourth-order valence-corrected chi connectivity index (χ4v) is 2.75. The van der Waals surface area contributed by atoms with E-state index in [0.717, 1.165) is 18.6 Å². The van der Waals surface area contributed by atoms with Gasteiger partial charge in [0.2, 0.25) is 5.89 Å². The van der Waals surface area contributed by atoms with Crippen molar-refractivity contribution < 1.29 is 17.7 Å². The van der Waals surface area contributed by atoms with Gasteiger partial charge in [-0.15, -0.1) is 0 Å². The molecule has 0 spiro atoms. The highest BCUT2D eigenvalue weighted by atomic mass is 19.4. The third-order valence-electron chi connectivity index (χ3n) is 3.90. The van der Waals surface area contributed by atoms with E-state index >= 15 is 0 Å². The van der Waals surface area contributed by atoms with Gasteiger partial charge in [0.1, 0.15) is 17.6 Å². The summed E-state index contributed by atoms with van der Waals surface area (Å²) in [5, 5.41) is 13.1. The molecule has 1 aliphatic heterocycles. The fraction of sp³-hybridized carbons (Fsp3) is 0.467. The third-order valence-corrected chi connectivity index (χ3v) is 3.90. The van der Waals surface area contributed by atoms with Crippen molar-refractivity contribution in [3.05, 3.63) is 35.1 Å². The molecule has 1 saturated heterocycles. The molecule has 0 N–H and O–H groups in total. The Morgan fingerprint density at radius 1 is 1.38 bits per heavy atom. The largest absolute Gasteiger partial charge is 0.433 e. The minimum Gasteiger partial charge on any atom is -0.345 e. The van der Waals surface area contributed by atoms with Gasteiger partial charge in [0.05, 0.1) is 11.6 Å². The smallest absolute Gasteiger partial charge is 0.345 e. The lowest BCUT2D eigenvalue weighted by molar-refractivity contribution is -0.141. The van der Waals surface area contributed by atoms with Crippen LogP contribution >= 0.6 is 0 Å². The maximum atomic E-state index is 13.0. The molecular weight excluding hydrogens is 323 g/mol. The molecule has 0 aromatic carbocycles. The highest BCUT2D eigenvalue weighted by molar-refractivity contribution is 5.56. The molecule has 0 aliphatic carbocycles. The molecule has 0 saturated carbocycles. The number of aryl methyl sites for hydroxylation is 1. The number of pyridine rings is 1. The van der Waals surface area contributed by atoms with Gasteiger partial charge in [0, 0.05) is 13.0 Å². The van der Waals surface area contributed by atoms with Crippen molar-refractivity contribution in [2.45, 2.75) is 38.4 Å². The summed E-state index contributed by atoms with van der Waals surface area (Å²) < 4.78 is 44.0. The second kappa shape index (κ2) is 6.11. The van der Waals surface area contributed by atoms with Crippen LogP contribution in [0.5, 0.6) is 0 Å². The Hall–Kier alpha value is -2.63. The zero-order valence-corrected chi connectivity index (χ0v) is 12.8. The maximum Gasteiger partial charge on any atom is 0.433 e. The normalized spacial score (nSPS) is 18.0. The highest BCUT2D eigenvalue weighted by Gasteiger charge is 2.36. The molecule has 2 aromatic rings. The van der Waals surface area contributed by atoms with E-state index in [0.29, 0.717) is 31.1 Å². The zero-order valence-electron chi connectivity index (χ0n) is 12.8. The van der Waals surface area contributed by atoms with Crippen LogP contribution in [0.2, 0.25) is 0 Å². The summed E-state index contributed by atoms with van der Waals surface area (Å²) in [7, 11) is 0. The van der Waals surface area contributed by atoms with Crippen molar-refractivity contribution >= 4 is 5.82 Å². The first-order chi connectivity index (χ1) is 11.4. The maximum absolute atomic E-state index is 13.0. The minimum absolute atomic E-state index is 0.0117. The standard InChI is InChI=1S/C15H14F3N5O/c1-2-12-21-13(22-24-12)10-4-3-7-23(10)14-9(8-19)5-6-11(20-14)15(16,17)18/h5-6,10H,2-4,7H2,1H3. The van der Waals surface area contributed by atoms with Crippen LogP contribution in [0.4, 0.5) is 19.0 Å². The van der Waals surface area contributed by atoms with Crippen LogP contribution < -0.4 is 4.90 Å². The number of rotatable bonds is 3. The number of halogens is 3. The number of nitrogens with zero attached hydrogens (tertiary/aromatic N) is 5. The van der Waals surface area contributed by atoms with Crippen LogP contribution in [0.3, 0.4) is 0 Å². The monoisotopic (exact) mass is 337 g/mol. The molecule has 1 atom stereocenters. The highest BCUT2D eigenvalue weighted by Crippen LogP contribution is 2.37. The Labute approximate surface area is 135 Å². The van der Waals surface area contributed by atoms with Gasteiger partial charge >= 0.3 is 6.18 Å². The van der Waals surface area contributed by atoms with Gasteiger partial charge in [-0.05, 0) is 25.0 Å². The topological polar surface area (TPSA) is 78.8 Å². The molecule has 126 valence electrons. The Morgan fingerprint density at radius 2 is 2.17 bits per heavy atom. The average molecular weight is 337 g/mol. The Morgan fingerprint density at radius 3 is 2.79 bits per heavy atom. The van der Waals surface area contributed by atoms with Crippen LogP contribution in [0.1, 0.15) is 48.8 Å². The number of aromatic nitrogens is 3. The molecule has 0 radical (unpaired) electrons. The van der Waals surface area contributed by atoms with Gasteiger partial charge in [0.25, 0.3) is 0 Å². The number of nitriles is 1. The predicted molar refractivity (Wildman–Crippen MR) is 77.0 cm³/mol. The Bertz CT molecular complexity index is 780. The molecular formula is C15H14F3N5O. The molecule has 2 aromatic heterocycles. The third kappa shape index (κ3) is 2.91. The molecule has 0 bridgehead atoms. The number of hydrogen-bond donors (Lipinski definition) is 0. The Kier molecular flexibility index (Phi) is 4.13. The van der Waals surface area contributed by atoms with Crippen molar-refractivity contribution in [2.75, 3.05) is 11.4 Å². The lowest BCUT2D eigenvalue weighted by Crippen LogP contribution is -2.26. The first-order valence-electron chi connectivity index (χ1n) is 7.51. The van der Waals surface area contributed by atoms with Crippen LogP contribution in [0.15, 0.2) is 16.7 Å². The molecule has 6 nitrogen and oxygen atoms in total. The molecule has 3 heterocycles. The van der Waals surface area contributed by atoms with Crippen molar-refractivity contribution in [3.63, 3.8) is 0 Å². The number of hydrogen-bond acceptors (Lipinski definition) is 6. The van der Waals surface area contributed by atoms with Crippen molar-refractivity contribution in [1.82, 2.24) is 15.1 Å². The first-order valence-corrected chi connectivity index (χ1v) is 7.51. The first kappa shape index (κ1) is 16.2. The van der Waals surface area contributed by atoms with Gasteiger partial charge in [-0.3, -0.25) is 0 Å². The van der Waals surface area contributed by atoms with Crippen LogP contribution in [-0.2, 0) is 12.6 Å². The van der Waals surface area contributed by atoms with E-state index in [9.17, 15) is 18.4 Å². The molecule has 1 aliphatic rings. The van der Waals surface area contributed by atoms with E-state index in [1.54, 1.807) is 4.90 Å². The fourth-order valence-electron chi connectivity index (χ4n) is 2.75. The lowest BCUT2D eigenvalue weighted by Gasteiger charge is -2.24. The van der Waals surface area contributed by atoms with E-state index < -0.39 is 11.9 Å². The molecule has 3 rings (SSSR count). The van der Waals surface area contributed by atoms with E-state index in [2.05, 4.69) is 15.1 Å². The summed E-state index contributed by atoms with van der Waals surface area (Å²) in [6, 6.07) is 3.52. The van der Waals surface area contributed by atoms with Gasteiger partial charge < -0.3 is 9.42 Å². The average Bonchev–Trinajstić information content (AvgIpc) is 3.21. The van der Waals surface area contributed by atoms with Crippen LogP contribution in [0.25, 0.3) is 0 Å². The summed E-state index contributed by atoms with van der Waals surface area (Å²) in [5.41, 5.74) is -0.932. The number of alkyl halides is 3. The zero-order chi connectivity index (χ0) is 17.3. The van der Waals surface area contributed by atoms with E-state index in [1.807, 2.05) is 13.0 Å². The van der Waals surface area contributed by atoms with Crippen molar-refractivity contribution in [1.29, 1.82) is 5.26 Å². The van der Waals surface area contributed by atoms with E-state index in [1.165, 1.54) is 0 Å². The molecule has 1 unspecified atom stereocenters. The summed E-state index contributed by atoms with van der Waals surface area (Å²) in [6.07, 6.45) is -2.60. The summed E-state index contributed by atoms with van der Waals surface area (Å²) >= 11 is 0. The Balaban J connectivity index is 2.01. The van der Waals surface area contributed by atoms with E-state index in [4.69, 9.17) is 4.52 Å². The molecule has 9 heteroatoms. The van der Waals surface area contributed by atoms with Gasteiger partial charge in [0.15, 0.2) is 5.82 Å². The van der Waals surface area contributed by atoms with E-state index in [-0.39, 0.29) is 17.4 Å². The minimum atomic E-state index is -4.57. The van der Waals surface area contributed by atoms with Crippen LogP contribution in [-0.4, -0.2) is 21.7 Å². The lowest BCUT2D eigenvalue weighted by atomic mass is 10.2. The second-order valence-electron chi connectivity index (χ2n) is 5.43. The predicted octanol–water partition coefficient (Wildman–Crippen LogP) is 3.26. The molecule has 0 amide bonds. The van der Waals surface area contributed by atoms with Crippen molar-refractivity contribution in [3.8, 4) is 6.07 Å². The summed E-state index contributed by atoms with van der Waals surface area (Å²) in [6.45, 7) is 2.34. The number of anilines is 1. The second-order valence-corrected chi connectivity index (χ2v) is 5.43. The van der Waals surface area contributed by atoms with Crippen LogP contribution in [0, 0.1) is 11.3 Å². The van der Waals surface area contributed by atoms with Gasteiger partial charge in [-0.2, -0.15) is 23.4 Å². The molecule has 24 heavy (non-hydrogen) atoms. The molecule has 1 fully saturated rings. The SMILES string of the molecule is CCc1nc(C2CCCN2c2nc(C(F)(F)F)ccc2C#N)no1. The summed E-state index contributed by atoms with van der Waals surface area (Å²) in [5.74, 6) is 0.888. The quantitative estimate of drug-likeness (QED) is 0.855. The van der Waals surface area contributed by atoms with Gasteiger partial charge in [-0.25, -0.2) is 4.98 Å². The van der Waals surface area contributed by atoms with Gasteiger partial charge in [-0.1, -0.05) is 12.1 Å². The van der Waals surface area contributed by atoms with Crippen molar-refractivity contribution in [2.24, 2.45) is 0 Å². The summed E-state index contributed by atoms with van der Waals surface area (Å²) in [4.78, 5) is 9.60.